The van der Waals surface area contributed by atoms with E-state index in [1.54, 1.807) is 18.2 Å². The quantitative estimate of drug-likeness (QED) is 0.835. The zero-order valence-electron chi connectivity index (χ0n) is 11.1. The van der Waals surface area contributed by atoms with Gasteiger partial charge in [0.2, 0.25) is 0 Å². The Balaban J connectivity index is 2.44. The minimum absolute atomic E-state index is 0.0646. The number of sulfone groups is 1. The molecule has 4 nitrogen and oxygen atoms in total. The fourth-order valence-corrected chi connectivity index (χ4v) is 3.73. The summed E-state index contributed by atoms with van der Waals surface area (Å²) in [4.78, 5) is -0.151. The topological polar surface area (TPSA) is 69.4 Å². The number of nitrogen functional groups attached to an aromatic ring is 1. The van der Waals surface area contributed by atoms with Crippen LogP contribution in [0.4, 0.5) is 10.1 Å². The van der Waals surface area contributed by atoms with Gasteiger partial charge in [-0.25, -0.2) is 12.8 Å². The number of anilines is 1. The largest absolute Gasteiger partial charge is 0.496 e. The molecule has 2 rings (SSSR count). The molecule has 0 aliphatic rings. The molecule has 0 heterocycles. The number of halogens is 2. The molecular weight excluding hydrogens is 361 g/mol. The summed E-state index contributed by atoms with van der Waals surface area (Å²) in [5.74, 6) is -0.542. The van der Waals surface area contributed by atoms with E-state index < -0.39 is 15.7 Å². The number of benzene rings is 2. The summed E-state index contributed by atoms with van der Waals surface area (Å²) in [7, 11) is -2.27. The maximum Gasteiger partial charge on any atom is 0.182 e. The number of rotatable bonds is 4. The van der Waals surface area contributed by atoms with E-state index >= 15 is 0 Å². The third kappa shape index (κ3) is 3.74. The van der Waals surface area contributed by atoms with E-state index in [-0.39, 0.29) is 16.3 Å². The van der Waals surface area contributed by atoms with Gasteiger partial charge in [-0.05, 0) is 36.4 Å². The fraction of sp³-hybridized carbons (Fsp3) is 0.143. The molecule has 0 bridgehead atoms. The van der Waals surface area contributed by atoms with Crippen LogP contribution in [-0.2, 0) is 15.6 Å². The average molecular weight is 374 g/mol. The first kappa shape index (κ1) is 15.8. The standard InChI is InChI=1S/C14H13BrFNO3S/c1-20-14-3-2-10(15)4-9(14)8-21(18,19)13-6-11(16)5-12(17)7-13/h2-7H,8,17H2,1H3. The minimum atomic E-state index is -3.73. The summed E-state index contributed by atoms with van der Waals surface area (Å²) < 4.78 is 44.0. The Labute approximate surface area is 130 Å². The van der Waals surface area contributed by atoms with Gasteiger partial charge in [0.15, 0.2) is 9.84 Å². The second kappa shape index (κ2) is 6.03. The highest BCUT2D eigenvalue weighted by Gasteiger charge is 2.19. The lowest BCUT2D eigenvalue weighted by atomic mass is 10.2. The van der Waals surface area contributed by atoms with Crippen LogP contribution in [-0.4, -0.2) is 15.5 Å². The van der Waals surface area contributed by atoms with Crippen LogP contribution in [0.1, 0.15) is 5.56 Å². The molecule has 0 fully saturated rings. The first-order valence-corrected chi connectivity index (χ1v) is 8.37. The van der Waals surface area contributed by atoms with E-state index in [2.05, 4.69) is 15.9 Å². The van der Waals surface area contributed by atoms with Crippen LogP contribution in [0.5, 0.6) is 5.75 Å². The Morgan fingerprint density at radius 2 is 1.95 bits per heavy atom. The third-order valence-electron chi connectivity index (χ3n) is 2.84. The molecule has 0 aliphatic carbocycles. The van der Waals surface area contributed by atoms with Crippen molar-refractivity contribution in [1.82, 2.24) is 0 Å². The van der Waals surface area contributed by atoms with Gasteiger partial charge in [0.05, 0.1) is 17.8 Å². The van der Waals surface area contributed by atoms with Crippen LogP contribution in [0.3, 0.4) is 0 Å². The predicted octanol–water partition coefficient (Wildman–Crippen LogP) is 3.15. The van der Waals surface area contributed by atoms with Gasteiger partial charge in [0, 0.05) is 15.7 Å². The van der Waals surface area contributed by atoms with Crippen molar-refractivity contribution in [3.8, 4) is 5.75 Å². The molecule has 0 saturated heterocycles. The van der Waals surface area contributed by atoms with Gasteiger partial charge in [-0.15, -0.1) is 0 Å². The maximum atomic E-state index is 13.3. The Morgan fingerprint density at radius 1 is 1.24 bits per heavy atom. The van der Waals surface area contributed by atoms with Crippen LogP contribution in [0.25, 0.3) is 0 Å². The summed E-state index contributed by atoms with van der Waals surface area (Å²) in [5, 5.41) is 0. The molecule has 0 saturated carbocycles. The Hall–Kier alpha value is -1.60. The summed E-state index contributed by atoms with van der Waals surface area (Å²) in [6.45, 7) is 0. The van der Waals surface area contributed by atoms with Gasteiger partial charge in [-0.1, -0.05) is 15.9 Å². The number of ether oxygens (including phenoxy) is 1. The number of nitrogens with two attached hydrogens (primary N) is 1. The predicted molar refractivity (Wildman–Crippen MR) is 82.4 cm³/mol. The van der Waals surface area contributed by atoms with Crippen molar-refractivity contribution in [1.29, 1.82) is 0 Å². The van der Waals surface area contributed by atoms with Crippen molar-refractivity contribution in [3.63, 3.8) is 0 Å². The van der Waals surface area contributed by atoms with Crippen LogP contribution in [0, 0.1) is 5.82 Å². The first-order valence-electron chi connectivity index (χ1n) is 5.93. The molecule has 0 aromatic heterocycles. The summed E-state index contributed by atoms with van der Waals surface area (Å²) in [6.07, 6.45) is 0. The molecular formula is C14H13BrFNO3S. The van der Waals surface area contributed by atoms with Crippen molar-refractivity contribution < 1.29 is 17.5 Å². The van der Waals surface area contributed by atoms with Crippen molar-refractivity contribution >= 4 is 31.5 Å². The molecule has 0 unspecified atom stereocenters. The van der Waals surface area contributed by atoms with Gasteiger partial charge in [-0.2, -0.15) is 0 Å². The van der Waals surface area contributed by atoms with E-state index in [0.717, 1.165) is 16.6 Å². The van der Waals surface area contributed by atoms with Crippen LogP contribution in [0.2, 0.25) is 0 Å². The molecule has 0 atom stereocenters. The van der Waals surface area contributed by atoms with Crippen molar-refractivity contribution in [2.45, 2.75) is 10.6 Å². The molecule has 0 radical (unpaired) electrons. The van der Waals surface area contributed by atoms with E-state index in [1.165, 1.54) is 13.2 Å². The Morgan fingerprint density at radius 3 is 2.57 bits per heavy atom. The molecule has 0 aliphatic heterocycles. The molecule has 21 heavy (non-hydrogen) atoms. The lowest BCUT2D eigenvalue weighted by Gasteiger charge is -2.10. The lowest BCUT2D eigenvalue weighted by Crippen LogP contribution is -2.07. The highest BCUT2D eigenvalue weighted by Crippen LogP contribution is 2.28. The van der Waals surface area contributed by atoms with E-state index in [4.69, 9.17) is 10.5 Å². The maximum absolute atomic E-state index is 13.3. The van der Waals surface area contributed by atoms with E-state index in [1.807, 2.05) is 0 Å². The highest BCUT2D eigenvalue weighted by atomic mass is 79.9. The van der Waals surface area contributed by atoms with Crippen molar-refractivity contribution in [2.75, 3.05) is 12.8 Å². The van der Waals surface area contributed by atoms with Crippen molar-refractivity contribution in [3.05, 3.63) is 52.3 Å². The second-order valence-corrected chi connectivity index (χ2v) is 7.34. The zero-order chi connectivity index (χ0) is 15.6. The molecule has 2 N–H and O–H groups in total. The smallest absolute Gasteiger partial charge is 0.182 e. The van der Waals surface area contributed by atoms with Crippen molar-refractivity contribution in [2.24, 2.45) is 0 Å². The molecule has 0 amide bonds. The van der Waals surface area contributed by atoms with Gasteiger partial charge in [0.1, 0.15) is 11.6 Å². The molecule has 7 heteroatoms. The normalized spacial score (nSPS) is 11.4. The van der Waals surface area contributed by atoms with Gasteiger partial charge < -0.3 is 10.5 Å². The Bertz CT molecular complexity index is 758. The second-order valence-electron chi connectivity index (χ2n) is 4.44. The van der Waals surface area contributed by atoms with Gasteiger partial charge in [0.25, 0.3) is 0 Å². The van der Waals surface area contributed by atoms with E-state index in [9.17, 15) is 12.8 Å². The lowest BCUT2D eigenvalue weighted by molar-refractivity contribution is 0.411. The van der Waals surface area contributed by atoms with Gasteiger partial charge >= 0.3 is 0 Å². The highest BCUT2D eigenvalue weighted by molar-refractivity contribution is 9.10. The van der Waals surface area contributed by atoms with Crippen LogP contribution < -0.4 is 10.5 Å². The zero-order valence-corrected chi connectivity index (χ0v) is 13.5. The van der Waals surface area contributed by atoms with E-state index in [0.29, 0.717) is 11.3 Å². The molecule has 2 aromatic rings. The number of hydrogen-bond acceptors (Lipinski definition) is 4. The monoisotopic (exact) mass is 373 g/mol. The van der Waals surface area contributed by atoms with Gasteiger partial charge in [-0.3, -0.25) is 0 Å². The molecule has 112 valence electrons. The van der Waals surface area contributed by atoms with Crippen LogP contribution in [0.15, 0.2) is 45.8 Å². The summed E-state index contributed by atoms with van der Waals surface area (Å²) in [6, 6.07) is 8.32. The average Bonchev–Trinajstić information content (AvgIpc) is 2.37. The first-order chi connectivity index (χ1) is 9.81. The minimum Gasteiger partial charge on any atom is -0.496 e. The third-order valence-corrected chi connectivity index (χ3v) is 4.98. The summed E-state index contributed by atoms with van der Waals surface area (Å²) >= 11 is 3.28. The molecule has 2 aromatic carbocycles. The molecule has 0 spiro atoms. The number of methoxy groups -OCH3 is 1. The fourth-order valence-electron chi connectivity index (χ4n) is 1.91. The van der Waals surface area contributed by atoms with Crippen LogP contribution >= 0.6 is 15.9 Å². The SMILES string of the molecule is COc1ccc(Br)cc1CS(=O)(=O)c1cc(N)cc(F)c1. The Kier molecular flexibility index (Phi) is 4.53. The number of hydrogen-bond donors (Lipinski definition) is 1. The summed E-state index contributed by atoms with van der Waals surface area (Å²) in [5.41, 5.74) is 6.04.